The molecule has 3 heterocycles. The van der Waals surface area contributed by atoms with Crippen LogP contribution in [-0.4, -0.2) is 10.2 Å². The van der Waals surface area contributed by atoms with E-state index in [1.54, 1.807) is 22.7 Å². The molecule has 3 aromatic heterocycles. The Labute approximate surface area is 130 Å². The summed E-state index contributed by atoms with van der Waals surface area (Å²) in [7, 11) is 0. The molecule has 4 rings (SSSR count). The van der Waals surface area contributed by atoms with Gasteiger partial charge in [0.05, 0.1) is 23.4 Å². The lowest BCUT2D eigenvalue weighted by Crippen LogP contribution is -2.09. The molecule has 5 heteroatoms. The lowest BCUT2D eigenvalue weighted by molar-refractivity contribution is 0.993. The second-order valence-electron chi connectivity index (χ2n) is 4.75. The van der Waals surface area contributed by atoms with Crippen LogP contribution in [0.5, 0.6) is 0 Å². The average molecular weight is 311 g/mol. The summed E-state index contributed by atoms with van der Waals surface area (Å²) in [6, 6.07) is 14.9. The van der Waals surface area contributed by atoms with E-state index in [0.717, 1.165) is 16.6 Å². The fourth-order valence-electron chi connectivity index (χ4n) is 2.44. The number of fused-ring (bicyclic) bond motifs is 1. The molecule has 104 valence electrons. The first-order valence-corrected chi connectivity index (χ1v) is 8.43. The van der Waals surface area contributed by atoms with E-state index in [1.165, 1.54) is 9.75 Å². The summed E-state index contributed by atoms with van der Waals surface area (Å²) in [5.74, 6) is 0. The number of anilines is 1. The van der Waals surface area contributed by atoms with Crippen LogP contribution in [0.25, 0.3) is 10.9 Å². The largest absolute Gasteiger partial charge is 0.371 e. The predicted octanol–water partition coefficient (Wildman–Crippen LogP) is 4.89. The van der Waals surface area contributed by atoms with Gasteiger partial charge >= 0.3 is 0 Å². The molecule has 0 aliphatic heterocycles. The summed E-state index contributed by atoms with van der Waals surface area (Å²) in [6.45, 7) is 0. The highest BCUT2D eigenvalue weighted by Gasteiger charge is 2.17. The van der Waals surface area contributed by atoms with Crippen molar-refractivity contribution in [1.82, 2.24) is 10.2 Å². The summed E-state index contributed by atoms with van der Waals surface area (Å²) in [5, 5.41) is 16.2. The Balaban J connectivity index is 1.77. The molecule has 0 atom stereocenters. The van der Waals surface area contributed by atoms with Crippen molar-refractivity contribution in [1.29, 1.82) is 0 Å². The van der Waals surface area contributed by atoms with Crippen molar-refractivity contribution in [2.45, 2.75) is 6.04 Å². The zero-order valence-corrected chi connectivity index (χ0v) is 12.7. The smallest absolute Gasteiger partial charge is 0.0954 e. The second kappa shape index (κ2) is 5.35. The van der Waals surface area contributed by atoms with Crippen LogP contribution in [0.1, 0.15) is 15.8 Å². The molecule has 3 nitrogen and oxygen atoms in total. The number of benzene rings is 1. The van der Waals surface area contributed by atoms with Crippen molar-refractivity contribution in [2.24, 2.45) is 0 Å². The number of H-pyrrole nitrogens is 1. The molecule has 0 amide bonds. The molecule has 0 unspecified atom stereocenters. The minimum Gasteiger partial charge on any atom is -0.371 e. The van der Waals surface area contributed by atoms with Gasteiger partial charge in [-0.25, -0.2) is 0 Å². The third kappa shape index (κ3) is 2.34. The van der Waals surface area contributed by atoms with E-state index in [4.69, 9.17) is 0 Å². The molecule has 0 saturated carbocycles. The van der Waals surface area contributed by atoms with Gasteiger partial charge in [-0.05, 0) is 29.0 Å². The first kappa shape index (κ1) is 12.6. The van der Waals surface area contributed by atoms with E-state index in [2.05, 4.69) is 68.7 Å². The molecule has 1 aromatic carbocycles. The first-order valence-electron chi connectivity index (χ1n) is 6.67. The third-order valence-corrected chi connectivity index (χ3v) is 5.31. The molecular weight excluding hydrogens is 298 g/mol. The highest BCUT2D eigenvalue weighted by molar-refractivity contribution is 7.11. The number of aromatic amines is 1. The number of nitrogens with zero attached hydrogens (tertiary/aromatic N) is 1. The van der Waals surface area contributed by atoms with Gasteiger partial charge in [0.15, 0.2) is 0 Å². The number of aromatic nitrogens is 2. The SMILES string of the molecule is c1csc(C(Nc2cccc3cn[nH]c23)c2cccs2)c1. The lowest BCUT2D eigenvalue weighted by atomic mass is 10.1. The van der Waals surface area contributed by atoms with E-state index < -0.39 is 0 Å². The fourth-order valence-corrected chi connectivity index (χ4v) is 4.10. The van der Waals surface area contributed by atoms with Gasteiger partial charge < -0.3 is 5.32 Å². The number of hydrogen-bond acceptors (Lipinski definition) is 4. The summed E-state index contributed by atoms with van der Waals surface area (Å²) < 4.78 is 0. The second-order valence-corrected chi connectivity index (χ2v) is 6.71. The standard InChI is InChI=1S/C16H13N3S2/c1-4-11-10-17-19-15(11)12(5-1)18-16(13-6-2-8-20-13)14-7-3-9-21-14/h1-10,16,18H,(H,17,19). The maximum absolute atomic E-state index is 4.13. The van der Waals surface area contributed by atoms with E-state index in [1.807, 2.05) is 6.20 Å². The van der Waals surface area contributed by atoms with E-state index >= 15 is 0 Å². The number of hydrogen-bond donors (Lipinski definition) is 2. The molecule has 2 N–H and O–H groups in total. The Bertz CT molecular complexity index is 797. The maximum atomic E-state index is 4.13. The van der Waals surface area contributed by atoms with E-state index in [9.17, 15) is 0 Å². The summed E-state index contributed by atoms with van der Waals surface area (Å²) in [6.07, 6.45) is 1.85. The molecule has 0 radical (unpaired) electrons. The van der Waals surface area contributed by atoms with E-state index in [0.29, 0.717) is 0 Å². The number of nitrogens with one attached hydrogen (secondary N) is 2. The van der Waals surface area contributed by atoms with Gasteiger partial charge in [-0.1, -0.05) is 24.3 Å². The molecular formula is C16H13N3S2. The van der Waals surface area contributed by atoms with Crippen molar-refractivity contribution < 1.29 is 0 Å². The van der Waals surface area contributed by atoms with E-state index in [-0.39, 0.29) is 6.04 Å². The molecule has 0 spiro atoms. The van der Waals surface area contributed by atoms with Crippen LogP contribution in [0, 0.1) is 0 Å². The van der Waals surface area contributed by atoms with Crippen LogP contribution in [0.4, 0.5) is 5.69 Å². The Morgan fingerprint density at radius 2 is 1.71 bits per heavy atom. The van der Waals surface area contributed by atoms with Crippen molar-refractivity contribution in [3.05, 3.63) is 69.2 Å². The zero-order chi connectivity index (χ0) is 14.1. The van der Waals surface area contributed by atoms with Crippen LogP contribution in [0.15, 0.2) is 59.4 Å². The van der Waals surface area contributed by atoms with Crippen molar-refractivity contribution >= 4 is 39.3 Å². The van der Waals surface area contributed by atoms with Gasteiger partial charge in [0.2, 0.25) is 0 Å². The maximum Gasteiger partial charge on any atom is 0.0954 e. The van der Waals surface area contributed by atoms with Gasteiger partial charge in [0.25, 0.3) is 0 Å². The molecule has 0 aliphatic carbocycles. The van der Waals surface area contributed by atoms with Gasteiger partial charge in [-0.15, -0.1) is 22.7 Å². The molecule has 0 bridgehead atoms. The molecule has 0 saturated heterocycles. The van der Waals surface area contributed by atoms with Gasteiger partial charge in [0.1, 0.15) is 0 Å². The van der Waals surface area contributed by atoms with Crippen molar-refractivity contribution in [3.8, 4) is 0 Å². The Morgan fingerprint density at radius 3 is 2.38 bits per heavy atom. The predicted molar refractivity (Wildman–Crippen MR) is 90.2 cm³/mol. The lowest BCUT2D eigenvalue weighted by Gasteiger charge is -2.18. The number of rotatable bonds is 4. The van der Waals surface area contributed by atoms with Crippen molar-refractivity contribution in [2.75, 3.05) is 5.32 Å². The van der Waals surface area contributed by atoms with Crippen LogP contribution >= 0.6 is 22.7 Å². The Morgan fingerprint density at radius 1 is 0.952 bits per heavy atom. The minimum atomic E-state index is 0.180. The van der Waals surface area contributed by atoms with Crippen LogP contribution in [-0.2, 0) is 0 Å². The van der Waals surface area contributed by atoms with Gasteiger partial charge in [-0.3, -0.25) is 5.10 Å². The normalized spacial score (nSPS) is 11.3. The monoisotopic (exact) mass is 311 g/mol. The quantitative estimate of drug-likeness (QED) is 0.563. The average Bonchev–Trinajstić information content (AvgIpc) is 3.24. The molecule has 0 fully saturated rings. The third-order valence-electron chi connectivity index (χ3n) is 3.43. The number of para-hydroxylation sites is 1. The van der Waals surface area contributed by atoms with Crippen LogP contribution < -0.4 is 5.32 Å². The highest BCUT2D eigenvalue weighted by atomic mass is 32.1. The summed E-state index contributed by atoms with van der Waals surface area (Å²) >= 11 is 3.55. The van der Waals surface area contributed by atoms with Gasteiger partial charge in [0, 0.05) is 15.1 Å². The highest BCUT2D eigenvalue weighted by Crippen LogP contribution is 2.34. The molecule has 0 aliphatic rings. The first-order chi connectivity index (χ1) is 10.4. The van der Waals surface area contributed by atoms with Crippen molar-refractivity contribution in [3.63, 3.8) is 0 Å². The molecule has 21 heavy (non-hydrogen) atoms. The molecule has 4 aromatic rings. The minimum absolute atomic E-state index is 0.180. The van der Waals surface area contributed by atoms with Crippen LogP contribution in [0.3, 0.4) is 0 Å². The Kier molecular flexibility index (Phi) is 3.21. The summed E-state index contributed by atoms with van der Waals surface area (Å²) in [5.41, 5.74) is 2.13. The van der Waals surface area contributed by atoms with Crippen LogP contribution in [0.2, 0.25) is 0 Å². The zero-order valence-electron chi connectivity index (χ0n) is 11.1. The number of thiophene rings is 2. The summed E-state index contributed by atoms with van der Waals surface area (Å²) in [4.78, 5) is 2.63. The van der Waals surface area contributed by atoms with Gasteiger partial charge in [-0.2, -0.15) is 5.10 Å². The topological polar surface area (TPSA) is 40.7 Å². The fraction of sp³-hybridized carbons (Fsp3) is 0.0625. The Hall–Kier alpha value is -2.11.